The van der Waals surface area contributed by atoms with Crippen LogP contribution in [-0.4, -0.2) is 39.2 Å². The molecule has 1 saturated heterocycles. The fraction of sp³-hybridized carbons (Fsp3) is 0.385. The van der Waals surface area contributed by atoms with Crippen LogP contribution in [0.3, 0.4) is 0 Å². The van der Waals surface area contributed by atoms with Crippen LogP contribution in [0.1, 0.15) is 12.1 Å². The van der Waals surface area contributed by atoms with Gasteiger partial charge in [-0.2, -0.15) is 0 Å². The van der Waals surface area contributed by atoms with Crippen LogP contribution in [-0.2, 0) is 6.54 Å². The number of hydrogen-bond acceptors (Lipinski definition) is 5. The van der Waals surface area contributed by atoms with Gasteiger partial charge in [0.05, 0.1) is 17.5 Å². The van der Waals surface area contributed by atoms with Crippen molar-refractivity contribution in [3.05, 3.63) is 35.5 Å². The molecule has 5 heteroatoms. The summed E-state index contributed by atoms with van der Waals surface area (Å²) in [4.78, 5) is 11.1. The molecule has 0 aliphatic carbocycles. The molecule has 0 spiro atoms. The van der Waals surface area contributed by atoms with Gasteiger partial charge in [0.1, 0.15) is 5.01 Å². The molecular formula is C13H15N3OS. The first-order chi connectivity index (χ1) is 8.81. The third-order valence-electron chi connectivity index (χ3n) is 3.07. The topological polar surface area (TPSA) is 49.2 Å². The fourth-order valence-electron chi connectivity index (χ4n) is 2.17. The predicted molar refractivity (Wildman–Crippen MR) is 71.2 cm³/mol. The van der Waals surface area contributed by atoms with Crippen molar-refractivity contribution in [3.8, 4) is 10.7 Å². The molecule has 0 aromatic carbocycles. The zero-order valence-corrected chi connectivity index (χ0v) is 10.8. The van der Waals surface area contributed by atoms with Crippen LogP contribution in [0.25, 0.3) is 10.7 Å². The largest absolute Gasteiger partial charge is 0.392 e. The van der Waals surface area contributed by atoms with Gasteiger partial charge in [-0.15, -0.1) is 11.3 Å². The lowest BCUT2D eigenvalue weighted by atomic mass is 10.3. The second-order valence-corrected chi connectivity index (χ2v) is 5.39. The number of pyridine rings is 1. The van der Waals surface area contributed by atoms with E-state index in [9.17, 15) is 5.11 Å². The second kappa shape index (κ2) is 5.14. The molecule has 1 atom stereocenters. The van der Waals surface area contributed by atoms with Gasteiger partial charge in [-0.1, -0.05) is 6.07 Å². The molecule has 1 aliphatic rings. The van der Waals surface area contributed by atoms with Gasteiger partial charge in [-0.3, -0.25) is 9.88 Å². The molecule has 4 nitrogen and oxygen atoms in total. The van der Waals surface area contributed by atoms with Crippen molar-refractivity contribution in [1.82, 2.24) is 14.9 Å². The van der Waals surface area contributed by atoms with Crippen molar-refractivity contribution in [2.24, 2.45) is 0 Å². The summed E-state index contributed by atoms with van der Waals surface area (Å²) in [5.74, 6) is 0. The van der Waals surface area contributed by atoms with Crippen LogP contribution in [0.15, 0.2) is 29.8 Å². The Labute approximate surface area is 110 Å². The summed E-state index contributed by atoms with van der Waals surface area (Å²) in [5, 5.41) is 12.5. The van der Waals surface area contributed by atoms with E-state index in [1.807, 2.05) is 18.2 Å². The van der Waals surface area contributed by atoms with Gasteiger partial charge in [0, 0.05) is 31.2 Å². The summed E-state index contributed by atoms with van der Waals surface area (Å²) in [6.45, 7) is 2.54. The van der Waals surface area contributed by atoms with E-state index >= 15 is 0 Å². The van der Waals surface area contributed by atoms with Crippen LogP contribution < -0.4 is 0 Å². The molecule has 1 N–H and O–H groups in total. The third-order valence-corrected chi connectivity index (χ3v) is 3.98. The molecule has 0 unspecified atom stereocenters. The first kappa shape index (κ1) is 11.8. The smallest absolute Gasteiger partial charge is 0.142 e. The normalized spacial score (nSPS) is 20.4. The molecule has 2 aromatic rings. The van der Waals surface area contributed by atoms with E-state index in [2.05, 4.69) is 20.2 Å². The zero-order chi connectivity index (χ0) is 12.4. The highest BCUT2D eigenvalue weighted by molar-refractivity contribution is 7.13. The maximum atomic E-state index is 9.49. The lowest BCUT2D eigenvalue weighted by molar-refractivity contribution is 0.174. The summed E-state index contributed by atoms with van der Waals surface area (Å²) in [6, 6.07) is 5.85. The zero-order valence-electron chi connectivity index (χ0n) is 9.99. The van der Waals surface area contributed by atoms with Gasteiger partial charge >= 0.3 is 0 Å². The number of rotatable bonds is 3. The molecule has 0 saturated carbocycles. The first-order valence-electron chi connectivity index (χ1n) is 6.07. The quantitative estimate of drug-likeness (QED) is 0.915. The van der Waals surface area contributed by atoms with Crippen molar-refractivity contribution in [3.63, 3.8) is 0 Å². The molecular weight excluding hydrogens is 246 g/mol. The third kappa shape index (κ3) is 2.58. The minimum Gasteiger partial charge on any atom is -0.392 e. The average Bonchev–Trinajstić information content (AvgIpc) is 3.01. The molecule has 0 amide bonds. The standard InChI is InChI=1S/C13H15N3OS/c17-11-4-6-16(8-11)7-10-9-18-13(15-10)12-3-1-2-5-14-12/h1-3,5,9,11,17H,4,6-8H2/t11-/m0/s1. The lowest BCUT2D eigenvalue weighted by Gasteiger charge is -2.12. The summed E-state index contributed by atoms with van der Waals surface area (Å²) < 4.78 is 0. The highest BCUT2D eigenvalue weighted by atomic mass is 32.1. The minimum absolute atomic E-state index is 0.168. The Hall–Kier alpha value is -1.30. The molecule has 0 bridgehead atoms. The number of likely N-dealkylation sites (tertiary alicyclic amines) is 1. The number of aliphatic hydroxyl groups excluding tert-OH is 1. The molecule has 94 valence electrons. The molecule has 3 rings (SSSR count). The van der Waals surface area contributed by atoms with Gasteiger partial charge in [0.25, 0.3) is 0 Å². The number of nitrogens with zero attached hydrogens (tertiary/aromatic N) is 3. The maximum absolute atomic E-state index is 9.49. The van der Waals surface area contributed by atoms with Gasteiger partial charge < -0.3 is 5.11 Å². The first-order valence-corrected chi connectivity index (χ1v) is 6.95. The molecule has 1 fully saturated rings. The summed E-state index contributed by atoms with van der Waals surface area (Å²) in [6.07, 6.45) is 2.49. The molecule has 2 aromatic heterocycles. The van der Waals surface area contributed by atoms with Crippen LogP contribution in [0.2, 0.25) is 0 Å². The Balaban J connectivity index is 1.70. The van der Waals surface area contributed by atoms with Crippen LogP contribution in [0.4, 0.5) is 0 Å². The Kier molecular flexibility index (Phi) is 3.36. The molecule has 18 heavy (non-hydrogen) atoms. The van der Waals surface area contributed by atoms with Crippen molar-refractivity contribution >= 4 is 11.3 Å². The average molecular weight is 261 g/mol. The number of hydrogen-bond donors (Lipinski definition) is 1. The lowest BCUT2D eigenvalue weighted by Crippen LogP contribution is -2.21. The van der Waals surface area contributed by atoms with Crippen molar-refractivity contribution in [1.29, 1.82) is 0 Å². The summed E-state index contributed by atoms with van der Waals surface area (Å²) >= 11 is 1.62. The molecule has 3 heterocycles. The highest BCUT2D eigenvalue weighted by Crippen LogP contribution is 2.22. The van der Waals surface area contributed by atoms with E-state index < -0.39 is 0 Å². The van der Waals surface area contributed by atoms with Gasteiger partial charge in [0.2, 0.25) is 0 Å². The van der Waals surface area contributed by atoms with Crippen molar-refractivity contribution < 1.29 is 5.11 Å². The number of β-amino-alcohol motifs (C(OH)–C–C–N with tert-alkyl or cyclic N) is 1. The SMILES string of the molecule is O[C@H]1CCN(Cc2csc(-c3ccccn3)n2)C1. The Morgan fingerprint density at radius 2 is 2.39 bits per heavy atom. The van der Waals surface area contributed by atoms with Crippen molar-refractivity contribution in [2.75, 3.05) is 13.1 Å². The van der Waals surface area contributed by atoms with E-state index in [0.717, 1.165) is 42.5 Å². The van der Waals surface area contributed by atoms with E-state index in [0.29, 0.717) is 0 Å². The molecule has 1 aliphatic heterocycles. The van der Waals surface area contributed by atoms with E-state index in [-0.39, 0.29) is 6.10 Å². The minimum atomic E-state index is -0.168. The number of aliphatic hydroxyl groups is 1. The van der Waals surface area contributed by atoms with Gasteiger partial charge in [-0.25, -0.2) is 4.98 Å². The van der Waals surface area contributed by atoms with Crippen LogP contribution in [0.5, 0.6) is 0 Å². The Morgan fingerprint density at radius 3 is 3.11 bits per heavy atom. The molecule has 0 radical (unpaired) electrons. The van der Waals surface area contributed by atoms with E-state index in [1.165, 1.54) is 0 Å². The van der Waals surface area contributed by atoms with Gasteiger partial charge in [-0.05, 0) is 18.6 Å². The monoisotopic (exact) mass is 261 g/mol. The van der Waals surface area contributed by atoms with E-state index in [1.54, 1.807) is 17.5 Å². The number of aromatic nitrogens is 2. The van der Waals surface area contributed by atoms with Crippen LogP contribution in [0, 0.1) is 0 Å². The maximum Gasteiger partial charge on any atom is 0.142 e. The second-order valence-electron chi connectivity index (χ2n) is 4.54. The highest BCUT2D eigenvalue weighted by Gasteiger charge is 2.20. The predicted octanol–water partition coefficient (Wildman–Crippen LogP) is 1.77. The fourth-order valence-corrected chi connectivity index (χ4v) is 2.96. The number of thiazole rings is 1. The van der Waals surface area contributed by atoms with Crippen molar-refractivity contribution in [2.45, 2.75) is 19.1 Å². The summed E-state index contributed by atoms with van der Waals surface area (Å²) in [5.41, 5.74) is 1.99. The summed E-state index contributed by atoms with van der Waals surface area (Å²) in [7, 11) is 0. The van der Waals surface area contributed by atoms with Gasteiger partial charge in [0.15, 0.2) is 0 Å². The Morgan fingerprint density at radius 1 is 1.44 bits per heavy atom. The van der Waals surface area contributed by atoms with E-state index in [4.69, 9.17) is 0 Å². The van der Waals surface area contributed by atoms with Crippen LogP contribution >= 0.6 is 11.3 Å². The Bertz CT molecular complexity index is 514.